The van der Waals surface area contributed by atoms with Crippen molar-refractivity contribution >= 4 is 23.3 Å². The summed E-state index contributed by atoms with van der Waals surface area (Å²) >= 11 is 0. The molecule has 2 rings (SSSR count). The maximum absolute atomic E-state index is 10.9. The van der Waals surface area contributed by atoms with Gasteiger partial charge in [-0.3, -0.25) is 9.59 Å². The smallest absolute Gasteiger partial charge is 0.205 e. The zero-order valence-electron chi connectivity index (χ0n) is 9.65. The van der Waals surface area contributed by atoms with Crippen LogP contribution in [0.2, 0.25) is 0 Å². The molecule has 0 bridgehead atoms. The quantitative estimate of drug-likeness (QED) is 0.266. The second-order valence-corrected chi connectivity index (χ2v) is 3.90. The minimum atomic E-state index is -1.15. The topological polar surface area (TPSA) is 156 Å². The molecule has 6 N–H and O–H groups in total. The van der Waals surface area contributed by atoms with E-state index in [1.54, 1.807) is 0 Å². The molecule has 0 heterocycles. The summed E-state index contributed by atoms with van der Waals surface area (Å²) in [5.74, 6) is -6.30. The van der Waals surface area contributed by atoms with Gasteiger partial charge in [-0.05, 0) is 0 Å². The fraction of sp³-hybridized carbons (Fsp3) is 0. The first kappa shape index (κ1) is 13.3. The van der Waals surface area contributed by atoms with Gasteiger partial charge in [-0.1, -0.05) is 0 Å². The zero-order chi connectivity index (χ0) is 15.2. The number of fused-ring (bicyclic) bond motifs is 1. The Labute approximate surface area is 110 Å². The molecule has 8 nitrogen and oxygen atoms in total. The summed E-state index contributed by atoms with van der Waals surface area (Å²) < 4.78 is 0. The molecule has 0 unspecified atom stereocenters. The van der Waals surface area contributed by atoms with E-state index in [2.05, 4.69) is 0 Å². The number of carbonyl (C=O) groups excluding carboxylic acids is 2. The summed E-state index contributed by atoms with van der Waals surface area (Å²) in [5.41, 5.74) is -1.27. The van der Waals surface area contributed by atoms with Gasteiger partial charge < -0.3 is 30.6 Å². The van der Waals surface area contributed by atoms with E-state index in [0.29, 0.717) is 0 Å². The van der Waals surface area contributed by atoms with Crippen LogP contribution in [-0.4, -0.2) is 43.2 Å². The Bertz CT molecular complexity index is 698. The summed E-state index contributed by atoms with van der Waals surface area (Å²) in [6, 6.07) is 0. The van der Waals surface area contributed by atoms with Gasteiger partial charge in [0.25, 0.3) is 0 Å². The molecular weight excluding hydrogens is 272 g/mol. The van der Waals surface area contributed by atoms with Gasteiger partial charge in [0.05, 0.1) is 21.9 Å². The van der Waals surface area contributed by atoms with Crippen molar-refractivity contribution < 1.29 is 40.2 Å². The normalized spacial score (nSPS) is 10.6. The van der Waals surface area contributed by atoms with Gasteiger partial charge in [0, 0.05) is 0 Å². The van der Waals surface area contributed by atoms with Crippen molar-refractivity contribution in [3.8, 4) is 34.5 Å². The van der Waals surface area contributed by atoms with Crippen molar-refractivity contribution in [1.82, 2.24) is 0 Å². The molecule has 8 heteroatoms. The van der Waals surface area contributed by atoms with Crippen molar-refractivity contribution in [3.05, 3.63) is 11.1 Å². The molecule has 0 saturated carbocycles. The molecule has 0 aromatic heterocycles. The highest BCUT2D eigenvalue weighted by atomic mass is 16.3. The van der Waals surface area contributed by atoms with Crippen LogP contribution in [0, 0.1) is 0 Å². The minimum Gasteiger partial charge on any atom is -0.506 e. The number of aldehydes is 2. The van der Waals surface area contributed by atoms with Crippen LogP contribution in [0.3, 0.4) is 0 Å². The van der Waals surface area contributed by atoms with E-state index < -0.39 is 56.4 Å². The molecule has 0 atom stereocenters. The number of rotatable bonds is 2. The number of aromatic hydroxyl groups is 6. The predicted molar refractivity (Wildman–Crippen MR) is 64.7 cm³/mol. The molecule has 0 radical (unpaired) electrons. The van der Waals surface area contributed by atoms with Gasteiger partial charge in [-0.2, -0.15) is 0 Å². The van der Waals surface area contributed by atoms with Crippen molar-refractivity contribution in [2.24, 2.45) is 0 Å². The highest BCUT2D eigenvalue weighted by Crippen LogP contribution is 2.55. The van der Waals surface area contributed by atoms with Gasteiger partial charge in [-0.25, -0.2) is 0 Å². The van der Waals surface area contributed by atoms with Crippen LogP contribution in [0.15, 0.2) is 0 Å². The monoisotopic (exact) mass is 280 g/mol. The van der Waals surface area contributed by atoms with Crippen LogP contribution in [0.1, 0.15) is 20.7 Å². The highest BCUT2D eigenvalue weighted by molar-refractivity contribution is 6.13. The molecule has 0 amide bonds. The van der Waals surface area contributed by atoms with Gasteiger partial charge in [0.15, 0.2) is 24.1 Å². The number of phenolic OH excluding ortho intramolecular Hbond substituents is 6. The fourth-order valence-electron chi connectivity index (χ4n) is 1.92. The molecule has 0 aliphatic rings. The van der Waals surface area contributed by atoms with Crippen LogP contribution in [0.4, 0.5) is 0 Å². The molecule has 0 saturated heterocycles. The van der Waals surface area contributed by atoms with E-state index in [9.17, 15) is 40.2 Å². The van der Waals surface area contributed by atoms with Crippen LogP contribution in [0.25, 0.3) is 10.8 Å². The summed E-state index contributed by atoms with van der Waals surface area (Å²) in [6.45, 7) is 0. The van der Waals surface area contributed by atoms with Gasteiger partial charge in [0.1, 0.15) is 11.5 Å². The van der Waals surface area contributed by atoms with Crippen LogP contribution in [0.5, 0.6) is 34.5 Å². The van der Waals surface area contributed by atoms with Gasteiger partial charge in [0.2, 0.25) is 11.5 Å². The van der Waals surface area contributed by atoms with E-state index in [-0.39, 0.29) is 12.6 Å². The van der Waals surface area contributed by atoms with Crippen molar-refractivity contribution in [3.63, 3.8) is 0 Å². The average molecular weight is 280 g/mol. The molecule has 0 fully saturated rings. The third-order valence-electron chi connectivity index (χ3n) is 2.91. The predicted octanol–water partition coefficient (Wildman–Crippen LogP) is 0.698. The first-order chi connectivity index (χ1) is 9.36. The Morgan fingerprint density at radius 3 is 1.05 bits per heavy atom. The van der Waals surface area contributed by atoms with E-state index in [1.165, 1.54) is 0 Å². The maximum atomic E-state index is 10.9. The second kappa shape index (κ2) is 4.19. The Hall–Kier alpha value is -3.16. The Morgan fingerprint density at radius 1 is 0.500 bits per heavy atom. The number of phenols is 6. The van der Waals surface area contributed by atoms with Crippen molar-refractivity contribution in [2.45, 2.75) is 0 Å². The molecule has 0 spiro atoms. The number of hydrogen-bond acceptors (Lipinski definition) is 8. The molecule has 0 aliphatic heterocycles. The molecular formula is C12H8O8. The third kappa shape index (κ3) is 1.41. The van der Waals surface area contributed by atoms with Crippen LogP contribution >= 0.6 is 0 Å². The maximum Gasteiger partial charge on any atom is 0.205 e. The Balaban J connectivity index is 3.25. The Morgan fingerprint density at radius 2 is 0.800 bits per heavy atom. The fourth-order valence-corrected chi connectivity index (χ4v) is 1.92. The Kier molecular flexibility index (Phi) is 2.78. The molecule has 104 valence electrons. The third-order valence-corrected chi connectivity index (χ3v) is 2.91. The average Bonchev–Trinajstić information content (AvgIpc) is 2.43. The summed E-state index contributed by atoms with van der Waals surface area (Å²) in [7, 11) is 0. The van der Waals surface area contributed by atoms with E-state index in [1.807, 2.05) is 0 Å². The standard InChI is InChI=1S/C12H8O8/c13-1-3-4(2-14)8(16)6-5(7(3)15)9(17)11(19)12(20)10(6)18/h1-2,15-20H. The molecule has 2 aromatic rings. The summed E-state index contributed by atoms with van der Waals surface area (Å²) in [6.07, 6.45) is 0.108. The van der Waals surface area contributed by atoms with E-state index >= 15 is 0 Å². The molecule has 0 aliphatic carbocycles. The lowest BCUT2D eigenvalue weighted by Crippen LogP contribution is -1.95. The largest absolute Gasteiger partial charge is 0.506 e. The zero-order valence-corrected chi connectivity index (χ0v) is 9.65. The summed E-state index contributed by atoms with van der Waals surface area (Å²) in [4.78, 5) is 21.7. The first-order valence-corrected chi connectivity index (χ1v) is 5.14. The SMILES string of the molecule is O=Cc1c(C=O)c(O)c2c(O)c(O)c(O)c(O)c2c1O. The van der Waals surface area contributed by atoms with Gasteiger partial charge in [-0.15, -0.1) is 0 Å². The second-order valence-electron chi connectivity index (χ2n) is 3.90. The van der Waals surface area contributed by atoms with Crippen LogP contribution < -0.4 is 0 Å². The van der Waals surface area contributed by atoms with Crippen molar-refractivity contribution in [2.75, 3.05) is 0 Å². The molecule has 20 heavy (non-hydrogen) atoms. The van der Waals surface area contributed by atoms with Crippen LogP contribution in [-0.2, 0) is 0 Å². The van der Waals surface area contributed by atoms with Crippen molar-refractivity contribution in [1.29, 1.82) is 0 Å². The first-order valence-electron chi connectivity index (χ1n) is 5.14. The number of hydrogen-bond donors (Lipinski definition) is 6. The van der Waals surface area contributed by atoms with E-state index in [0.717, 1.165) is 0 Å². The van der Waals surface area contributed by atoms with Gasteiger partial charge >= 0.3 is 0 Å². The lowest BCUT2D eigenvalue weighted by molar-refractivity contribution is 0.109. The summed E-state index contributed by atoms with van der Waals surface area (Å²) in [5, 5.41) is 56.4. The number of carbonyl (C=O) groups is 2. The van der Waals surface area contributed by atoms with E-state index in [4.69, 9.17) is 0 Å². The lowest BCUT2D eigenvalue weighted by atomic mass is 9.97. The number of benzene rings is 2. The highest BCUT2D eigenvalue weighted by Gasteiger charge is 2.27. The lowest BCUT2D eigenvalue weighted by Gasteiger charge is -2.14. The minimum absolute atomic E-state index is 0.0542. The molecule has 2 aromatic carbocycles.